The molecule has 0 saturated carbocycles. The summed E-state index contributed by atoms with van der Waals surface area (Å²) in [5.74, 6) is -0.0556. The SMILES string of the molecule is CCNC(=O)[C@@]1(Cc2cccc(-c3ccc(C)cc3)c2)CCN(C(=O)c2cccnc2)C1. The number of aryl methyl sites for hydroxylation is 1. The van der Waals surface area contributed by atoms with Crippen LogP contribution in [0, 0.1) is 12.3 Å². The zero-order valence-electron chi connectivity index (χ0n) is 18.7. The number of pyridine rings is 1. The Morgan fingerprint density at radius 1 is 1.06 bits per heavy atom. The number of nitrogens with one attached hydrogen (secondary N) is 1. The van der Waals surface area contributed by atoms with E-state index in [1.807, 2.05) is 13.0 Å². The summed E-state index contributed by atoms with van der Waals surface area (Å²) in [4.78, 5) is 32.0. The molecule has 1 atom stereocenters. The topological polar surface area (TPSA) is 62.3 Å². The Kier molecular flexibility index (Phi) is 6.35. The molecule has 1 aliphatic rings. The fourth-order valence-electron chi connectivity index (χ4n) is 4.47. The predicted molar refractivity (Wildman–Crippen MR) is 126 cm³/mol. The third-order valence-corrected chi connectivity index (χ3v) is 6.22. The summed E-state index contributed by atoms with van der Waals surface area (Å²) in [5, 5.41) is 3.01. The van der Waals surface area contributed by atoms with Gasteiger partial charge in [-0.2, -0.15) is 0 Å². The first kappa shape index (κ1) is 21.8. The highest BCUT2D eigenvalue weighted by atomic mass is 16.2. The first-order valence-electron chi connectivity index (χ1n) is 11.1. The number of carbonyl (C=O) groups is 2. The van der Waals surface area contributed by atoms with E-state index in [-0.39, 0.29) is 11.8 Å². The molecule has 2 amide bonds. The fourth-order valence-corrected chi connectivity index (χ4v) is 4.47. The summed E-state index contributed by atoms with van der Waals surface area (Å²) in [6.45, 7) is 5.54. The number of amides is 2. The first-order chi connectivity index (χ1) is 15.5. The number of aromatic nitrogens is 1. The maximum absolute atomic E-state index is 13.2. The highest BCUT2D eigenvalue weighted by Crippen LogP contribution is 2.36. The van der Waals surface area contributed by atoms with Crippen molar-refractivity contribution in [1.82, 2.24) is 15.2 Å². The molecule has 4 rings (SSSR count). The fraction of sp³-hybridized carbons (Fsp3) is 0.296. The molecule has 164 valence electrons. The van der Waals surface area contributed by atoms with Gasteiger partial charge in [-0.25, -0.2) is 0 Å². The van der Waals surface area contributed by atoms with Crippen molar-refractivity contribution >= 4 is 11.8 Å². The molecule has 1 aliphatic heterocycles. The van der Waals surface area contributed by atoms with Gasteiger partial charge in [-0.1, -0.05) is 54.1 Å². The normalized spacial score (nSPS) is 17.9. The molecule has 5 nitrogen and oxygen atoms in total. The molecule has 2 heterocycles. The molecule has 0 radical (unpaired) electrons. The van der Waals surface area contributed by atoms with Crippen molar-refractivity contribution in [1.29, 1.82) is 0 Å². The van der Waals surface area contributed by atoms with Crippen LogP contribution in [-0.4, -0.2) is 41.3 Å². The van der Waals surface area contributed by atoms with Gasteiger partial charge in [0.2, 0.25) is 5.91 Å². The average Bonchev–Trinajstić information content (AvgIpc) is 3.25. The molecule has 5 heteroatoms. The second-order valence-corrected chi connectivity index (χ2v) is 8.60. The highest BCUT2D eigenvalue weighted by Gasteiger charge is 2.45. The Bertz CT molecular complexity index is 1100. The minimum Gasteiger partial charge on any atom is -0.356 e. The molecule has 1 aromatic heterocycles. The Morgan fingerprint density at radius 3 is 2.59 bits per heavy atom. The minimum atomic E-state index is -0.639. The molecule has 0 unspecified atom stereocenters. The number of carbonyl (C=O) groups excluding carboxylic acids is 2. The van der Waals surface area contributed by atoms with E-state index in [1.165, 1.54) is 5.56 Å². The monoisotopic (exact) mass is 427 g/mol. The second kappa shape index (κ2) is 9.35. The maximum atomic E-state index is 13.2. The molecule has 3 aromatic rings. The Balaban J connectivity index is 1.59. The summed E-state index contributed by atoms with van der Waals surface area (Å²) in [5.41, 5.74) is 4.54. The second-order valence-electron chi connectivity index (χ2n) is 8.60. The molecule has 0 bridgehead atoms. The van der Waals surface area contributed by atoms with Gasteiger partial charge in [-0.05, 0) is 55.5 Å². The lowest BCUT2D eigenvalue weighted by atomic mass is 9.79. The summed E-state index contributed by atoms with van der Waals surface area (Å²) in [7, 11) is 0. The van der Waals surface area contributed by atoms with Crippen LogP contribution in [0.4, 0.5) is 0 Å². The number of hydrogen-bond acceptors (Lipinski definition) is 3. The van der Waals surface area contributed by atoms with Gasteiger partial charge < -0.3 is 10.2 Å². The van der Waals surface area contributed by atoms with Crippen molar-refractivity contribution in [3.8, 4) is 11.1 Å². The van der Waals surface area contributed by atoms with Crippen molar-refractivity contribution in [3.63, 3.8) is 0 Å². The lowest BCUT2D eigenvalue weighted by Crippen LogP contribution is -2.45. The standard InChI is InChI=1S/C27H29N3O2/c1-3-29-26(32)27(13-15-30(19-27)25(31)24-8-5-14-28-18-24)17-21-6-4-7-23(16-21)22-11-9-20(2)10-12-22/h4-12,14,16,18H,3,13,15,17,19H2,1-2H3,(H,29,32)/t27-/m1/s1. The molecule has 1 N–H and O–H groups in total. The van der Waals surface area contributed by atoms with E-state index in [0.29, 0.717) is 38.0 Å². The zero-order valence-corrected chi connectivity index (χ0v) is 18.7. The van der Waals surface area contributed by atoms with Crippen molar-refractivity contribution in [2.45, 2.75) is 26.7 Å². The molecule has 0 spiro atoms. The lowest BCUT2D eigenvalue weighted by Gasteiger charge is -2.28. The van der Waals surface area contributed by atoms with Crippen LogP contribution in [0.5, 0.6) is 0 Å². The van der Waals surface area contributed by atoms with Gasteiger partial charge >= 0.3 is 0 Å². The predicted octanol–water partition coefficient (Wildman–Crippen LogP) is 4.27. The summed E-state index contributed by atoms with van der Waals surface area (Å²) < 4.78 is 0. The van der Waals surface area contributed by atoms with Gasteiger partial charge in [-0.3, -0.25) is 14.6 Å². The summed E-state index contributed by atoms with van der Waals surface area (Å²) in [6, 6.07) is 20.4. The first-order valence-corrected chi connectivity index (χ1v) is 11.1. The van der Waals surface area contributed by atoms with Gasteiger partial charge in [-0.15, -0.1) is 0 Å². The number of likely N-dealkylation sites (tertiary alicyclic amines) is 1. The van der Waals surface area contributed by atoms with E-state index < -0.39 is 5.41 Å². The van der Waals surface area contributed by atoms with E-state index in [9.17, 15) is 9.59 Å². The quantitative estimate of drug-likeness (QED) is 0.639. The Labute approximate surface area is 189 Å². The van der Waals surface area contributed by atoms with Crippen LogP contribution in [-0.2, 0) is 11.2 Å². The minimum absolute atomic E-state index is 0.0159. The third kappa shape index (κ3) is 4.57. The lowest BCUT2D eigenvalue weighted by molar-refractivity contribution is -0.130. The van der Waals surface area contributed by atoms with E-state index >= 15 is 0 Å². The summed E-state index contributed by atoms with van der Waals surface area (Å²) in [6.07, 6.45) is 4.47. The average molecular weight is 428 g/mol. The van der Waals surface area contributed by atoms with Crippen LogP contribution in [0.3, 0.4) is 0 Å². The Hall–Kier alpha value is -3.47. The van der Waals surface area contributed by atoms with E-state index in [0.717, 1.165) is 16.7 Å². The van der Waals surface area contributed by atoms with E-state index in [1.54, 1.807) is 29.4 Å². The van der Waals surface area contributed by atoms with Crippen LogP contribution in [0.2, 0.25) is 0 Å². The number of nitrogens with zero attached hydrogens (tertiary/aromatic N) is 2. The number of benzene rings is 2. The smallest absolute Gasteiger partial charge is 0.255 e. The van der Waals surface area contributed by atoms with Crippen LogP contribution >= 0.6 is 0 Å². The van der Waals surface area contributed by atoms with Crippen LogP contribution in [0.25, 0.3) is 11.1 Å². The summed E-state index contributed by atoms with van der Waals surface area (Å²) >= 11 is 0. The van der Waals surface area contributed by atoms with Crippen LogP contribution in [0.1, 0.15) is 34.8 Å². The molecule has 32 heavy (non-hydrogen) atoms. The van der Waals surface area contributed by atoms with Crippen LogP contribution < -0.4 is 5.32 Å². The molecular formula is C27H29N3O2. The van der Waals surface area contributed by atoms with Gasteiger partial charge in [0.25, 0.3) is 5.91 Å². The number of hydrogen-bond donors (Lipinski definition) is 1. The molecule has 0 aliphatic carbocycles. The van der Waals surface area contributed by atoms with Crippen molar-refractivity contribution in [2.75, 3.05) is 19.6 Å². The van der Waals surface area contributed by atoms with Gasteiger partial charge in [0.15, 0.2) is 0 Å². The van der Waals surface area contributed by atoms with Crippen LogP contribution in [0.15, 0.2) is 73.1 Å². The van der Waals surface area contributed by atoms with Gasteiger partial charge in [0, 0.05) is 32.0 Å². The largest absolute Gasteiger partial charge is 0.356 e. The highest BCUT2D eigenvalue weighted by molar-refractivity contribution is 5.95. The van der Waals surface area contributed by atoms with Gasteiger partial charge in [0.05, 0.1) is 11.0 Å². The van der Waals surface area contributed by atoms with E-state index in [4.69, 9.17) is 0 Å². The number of rotatable bonds is 6. The van der Waals surface area contributed by atoms with Crippen molar-refractivity contribution < 1.29 is 9.59 Å². The molecule has 1 saturated heterocycles. The molecular weight excluding hydrogens is 398 g/mol. The van der Waals surface area contributed by atoms with Gasteiger partial charge in [0.1, 0.15) is 0 Å². The third-order valence-electron chi connectivity index (χ3n) is 6.22. The van der Waals surface area contributed by atoms with Crippen molar-refractivity contribution in [2.24, 2.45) is 5.41 Å². The van der Waals surface area contributed by atoms with E-state index in [2.05, 4.69) is 59.7 Å². The zero-order chi connectivity index (χ0) is 22.6. The molecule has 1 fully saturated rings. The molecule has 2 aromatic carbocycles. The Morgan fingerprint density at radius 2 is 1.88 bits per heavy atom. The maximum Gasteiger partial charge on any atom is 0.255 e. The van der Waals surface area contributed by atoms with Crippen molar-refractivity contribution in [3.05, 3.63) is 89.7 Å².